The van der Waals surface area contributed by atoms with Gasteiger partial charge in [-0.15, -0.1) is 0 Å². The largest absolute Gasteiger partial charge is 0.361 e. The number of fused-ring (bicyclic) bond motifs is 1. The van der Waals surface area contributed by atoms with Crippen LogP contribution >= 0.6 is 0 Å². The summed E-state index contributed by atoms with van der Waals surface area (Å²) >= 11 is 0. The SMILES string of the molecule is CN(CN1CCNCC1)c1cccc2ccccc12. The smallest absolute Gasteiger partial charge is 0.0704 e. The molecule has 3 rings (SSSR count). The lowest BCUT2D eigenvalue weighted by atomic mass is 10.1. The molecule has 100 valence electrons. The van der Waals surface area contributed by atoms with E-state index >= 15 is 0 Å². The van der Waals surface area contributed by atoms with Gasteiger partial charge < -0.3 is 10.2 Å². The van der Waals surface area contributed by atoms with E-state index in [2.05, 4.69) is 64.6 Å². The van der Waals surface area contributed by atoms with E-state index < -0.39 is 0 Å². The van der Waals surface area contributed by atoms with Crippen molar-refractivity contribution < 1.29 is 0 Å². The van der Waals surface area contributed by atoms with Gasteiger partial charge in [-0.2, -0.15) is 0 Å². The summed E-state index contributed by atoms with van der Waals surface area (Å²) in [5.41, 5.74) is 1.32. The lowest BCUT2D eigenvalue weighted by Crippen LogP contribution is -2.47. The summed E-state index contributed by atoms with van der Waals surface area (Å²) in [5.74, 6) is 0. The van der Waals surface area contributed by atoms with E-state index in [-0.39, 0.29) is 0 Å². The molecule has 0 radical (unpaired) electrons. The summed E-state index contributed by atoms with van der Waals surface area (Å²) in [4.78, 5) is 4.85. The van der Waals surface area contributed by atoms with Crippen LogP contribution < -0.4 is 10.2 Å². The molecule has 0 atom stereocenters. The fourth-order valence-corrected chi connectivity index (χ4v) is 2.77. The van der Waals surface area contributed by atoms with Gasteiger partial charge in [0, 0.05) is 44.3 Å². The number of nitrogens with zero attached hydrogens (tertiary/aromatic N) is 2. The van der Waals surface area contributed by atoms with Crippen molar-refractivity contribution in [3.05, 3.63) is 42.5 Å². The van der Waals surface area contributed by atoms with E-state index in [0.717, 1.165) is 32.8 Å². The Labute approximate surface area is 114 Å². The molecule has 1 heterocycles. The molecule has 0 saturated carbocycles. The molecular formula is C16H21N3. The molecule has 1 aliphatic heterocycles. The molecule has 0 amide bonds. The molecule has 0 spiro atoms. The van der Waals surface area contributed by atoms with Gasteiger partial charge in [0.1, 0.15) is 0 Å². The number of rotatable bonds is 3. The van der Waals surface area contributed by atoms with Crippen LogP contribution in [0.15, 0.2) is 42.5 Å². The summed E-state index contributed by atoms with van der Waals surface area (Å²) in [6, 6.07) is 15.1. The fourth-order valence-electron chi connectivity index (χ4n) is 2.77. The van der Waals surface area contributed by atoms with Crippen molar-refractivity contribution in [3.63, 3.8) is 0 Å². The molecule has 0 bridgehead atoms. The zero-order valence-electron chi connectivity index (χ0n) is 11.5. The molecule has 1 fully saturated rings. The Kier molecular flexibility index (Phi) is 3.67. The van der Waals surface area contributed by atoms with Crippen molar-refractivity contribution in [2.75, 3.05) is 44.8 Å². The molecule has 3 heteroatoms. The number of piperazine rings is 1. The highest BCUT2D eigenvalue weighted by molar-refractivity contribution is 5.94. The third-order valence-electron chi connectivity index (χ3n) is 3.80. The van der Waals surface area contributed by atoms with Crippen molar-refractivity contribution in [3.8, 4) is 0 Å². The average Bonchev–Trinajstić information content (AvgIpc) is 2.47. The number of anilines is 1. The summed E-state index contributed by atoms with van der Waals surface area (Å²) in [6.45, 7) is 5.46. The Bertz CT molecular complexity index is 541. The maximum atomic E-state index is 3.40. The second kappa shape index (κ2) is 5.59. The standard InChI is InChI=1S/C16H21N3/c1-18(13-19-11-9-17-10-12-19)16-8-4-6-14-5-2-3-7-15(14)16/h2-8,17H,9-13H2,1H3. The topological polar surface area (TPSA) is 18.5 Å². The molecule has 1 saturated heterocycles. The van der Waals surface area contributed by atoms with Crippen molar-refractivity contribution in [2.45, 2.75) is 0 Å². The van der Waals surface area contributed by atoms with Crippen molar-refractivity contribution in [2.24, 2.45) is 0 Å². The predicted molar refractivity (Wildman–Crippen MR) is 81.7 cm³/mol. The zero-order chi connectivity index (χ0) is 13.1. The van der Waals surface area contributed by atoms with Crippen molar-refractivity contribution >= 4 is 16.5 Å². The molecule has 3 nitrogen and oxygen atoms in total. The summed E-state index contributed by atoms with van der Waals surface area (Å²) in [6.07, 6.45) is 0. The summed E-state index contributed by atoms with van der Waals surface area (Å²) in [5, 5.41) is 6.05. The van der Waals surface area contributed by atoms with Crippen LogP contribution in [-0.4, -0.2) is 44.8 Å². The lowest BCUT2D eigenvalue weighted by Gasteiger charge is -2.32. The molecule has 0 aliphatic carbocycles. The third kappa shape index (κ3) is 2.72. The van der Waals surface area contributed by atoms with Gasteiger partial charge in [0.15, 0.2) is 0 Å². The van der Waals surface area contributed by atoms with Gasteiger partial charge >= 0.3 is 0 Å². The van der Waals surface area contributed by atoms with Crippen LogP contribution in [0.2, 0.25) is 0 Å². The predicted octanol–water partition coefficient (Wildman–Crippen LogP) is 2.14. The van der Waals surface area contributed by atoms with E-state index in [1.807, 2.05) is 0 Å². The van der Waals surface area contributed by atoms with E-state index in [1.54, 1.807) is 0 Å². The van der Waals surface area contributed by atoms with Crippen LogP contribution in [0.3, 0.4) is 0 Å². The molecular weight excluding hydrogens is 234 g/mol. The van der Waals surface area contributed by atoms with E-state index in [1.165, 1.54) is 16.5 Å². The third-order valence-corrected chi connectivity index (χ3v) is 3.80. The number of hydrogen-bond acceptors (Lipinski definition) is 3. The van der Waals surface area contributed by atoms with E-state index in [4.69, 9.17) is 0 Å². The highest BCUT2D eigenvalue weighted by Gasteiger charge is 2.13. The minimum atomic E-state index is 0.996. The van der Waals surface area contributed by atoms with Gasteiger partial charge in [0.25, 0.3) is 0 Å². The van der Waals surface area contributed by atoms with Crippen LogP contribution in [0.5, 0.6) is 0 Å². The first-order chi connectivity index (χ1) is 9.34. The normalized spacial score (nSPS) is 16.7. The lowest BCUT2D eigenvalue weighted by molar-refractivity contribution is 0.244. The van der Waals surface area contributed by atoms with Gasteiger partial charge in [0.05, 0.1) is 6.67 Å². The van der Waals surface area contributed by atoms with Crippen LogP contribution in [0, 0.1) is 0 Å². The Morgan fingerprint density at radius 2 is 1.79 bits per heavy atom. The van der Waals surface area contributed by atoms with Gasteiger partial charge in [0.2, 0.25) is 0 Å². The van der Waals surface area contributed by atoms with E-state index in [9.17, 15) is 0 Å². The summed E-state index contributed by atoms with van der Waals surface area (Å²) < 4.78 is 0. The van der Waals surface area contributed by atoms with Gasteiger partial charge in [-0.25, -0.2) is 0 Å². The van der Waals surface area contributed by atoms with Gasteiger partial charge in [-0.3, -0.25) is 4.90 Å². The van der Waals surface area contributed by atoms with Gasteiger partial charge in [-0.1, -0.05) is 36.4 Å². The van der Waals surface area contributed by atoms with Crippen LogP contribution in [0.1, 0.15) is 0 Å². The molecule has 0 aromatic heterocycles. The highest BCUT2D eigenvalue weighted by atomic mass is 15.3. The maximum absolute atomic E-state index is 3.40. The molecule has 1 aliphatic rings. The van der Waals surface area contributed by atoms with Crippen LogP contribution in [0.4, 0.5) is 5.69 Å². The van der Waals surface area contributed by atoms with Crippen LogP contribution in [-0.2, 0) is 0 Å². The Morgan fingerprint density at radius 3 is 2.63 bits per heavy atom. The Morgan fingerprint density at radius 1 is 1.05 bits per heavy atom. The van der Waals surface area contributed by atoms with E-state index in [0.29, 0.717) is 0 Å². The Hall–Kier alpha value is -1.58. The zero-order valence-corrected chi connectivity index (χ0v) is 11.5. The first-order valence-corrected chi connectivity index (χ1v) is 6.96. The minimum absolute atomic E-state index is 0.996. The molecule has 0 unspecified atom stereocenters. The first kappa shape index (κ1) is 12.5. The summed E-state index contributed by atoms with van der Waals surface area (Å²) in [7, 11) is 2.18. The maximum Gasteiger partial charge on any atom is 0.0704 e. The molecule has 2 aromatic rings. The second-order valence-electron chi connectivity index (χ2n) is 5.21. The van der Waals surface area contributed by atoms with Crippen LogP contribution in [0.25, 0.3) is 10.8 Å². The Balaban J connectivity index is 1.82. The minimum Gasteiger partial charge on any atom is -0.361 e. The highest BCUT2D eigenvalue weighted by Crippen LogP contribution is 2.25. The van der Waals surface area contributed by atoms with Crippen molar-refractivity contribution in [1.82, 2.24) is 10.2 Å². The fraction of sp³-hybridized carbons (Fsp3) is 0.375. The molecule has 19 heavy (non-hydrogen) atoms. The second-order valence-corrected chi connectivity index (χ2v) is 5.21. The van der Waals surface area contributed by atoms with Gasteiger partial charge in [-0.05, 0) is 11.5 Å². The average molecular weight is 255 g/mol. The quantitative estimate of drug-likeness (QED) is 0.906. The molecule has 2 aromatic carbocycles. The monoisotopic (exact) mass is 255 g/mol. The number of nitrogens with one attached hydrogen (secondary N) is 1. The number of benzene rings is 2. The number of hydrogen-bond donors (Lipinski definition) is 1. The van der Waals surface area contributed by atoms with Crippen molar-refractivity contribution in [1.29, 1.82) is 0 Å². The first-order valence-electron chi connectivity index (χ1n) is 6.96. The molecule has 1 N–H and O–H groups in total.